The first-order valence-electron chi connectivity index (χ1n) is 8.22. The Hall–Kier alpha value is -2.71. The van der Waals surface area contributed by atoms with Crippen molar-refractivity contribution in [3.63, 3.8) is 0 Å². The highest BCUT2D eigenvalue weighted by Crippen LogP contribution is 2.26. The summed E-state index contributed by atoms with van der Waals surface area (Å²) in [7, 11) is -3.27. The van der Waals surface area contributed by atoms with Crippen LogP contribution in [0.2, 0.25) is 0 Å². The smallest absolute Gasteiger partial charge is 0.257 e. The Balaban J connectivity index is 1.65. The van der Waals surface area contributed by atoms with E-state index in [0.29, 0.717) is 18.5 Å². The van der Waals surface area contributed by atoms with Crippen LogP contribution < -0.4 is 5.32 Å². The van der Waals surface area contributed by atoms with Crippen molar-refractivity contribution >= 4 is 32.5 Å². The number of carbonyl (C=O) groups is 1. The number of pyridine rings is 1. The Morgan fingerprint density at radius 2 is 2.12 bits per heavy atom. The molecule has 0 unspecified atom stereocenters. The van der Waals surface area contributed by atoms with Crippen LogP contribution in [0.5, 0.6) is 0 Å². The van der Waals surface area contributed by atoms with Gasteiger partial charge in [0.05, 0.1) is 17.5 Å². The lowest BCUT2D eigenvalue weighted by Crippen LogP contribution is -2.36. The molecule has 0 bridgehead atoms. The van der Waals surface area contributed by atoms with E-state index in [1.54, 1.807) is 12.4 Å². The molecular weight excluding hydrogens is 352 g/mol. The number of aromatic nitrogens is 2. The van der Waals surface area contributed by atoms with Crippen molar-refractivity contribution in [3.05, 3.63) is 59.5 Å². The Kier molecular flexibility index (Phi) is 4.01. The van der Waals surface area contributed by atoms with Crippen molar-refractivity contribution in [1.29, 1.82) is 0 Å². The zero-order valence-electron chi connectivity index (χ0n) is 14.2. The van der Waals surface area contributed by atoms with Crippen molar-refractivity contribution in [2.24, 2.45) is 0 Å². The number of aromatic amines is 1. The van der Waals surface area contributed by atoms with Crippen molar-refractivity contribution in [2.75, 3.05) is 18.1 Å². The average molecular weight is 370 g/mol. The number of sulfonamides is 1. The Labute approximate surface area is 151 Å². The SMILES string of the molecule is CS(=O)(=O)N1CCc2c(cncc2C(=O)Nc2cccc3[nH]ccc23)C1. The summed E-state index contributed by atoms with van der Waals surface area (Å²) in [6.07, 6.45) is 6.69. The number of nitrogens with one attached hydrogen (secondary N) is 2. The van der Waals surface area contributed by atoms with Crippen LogP contribution in [-0.2, 0) is 23.0 Å². The van der Waals surface area contributed by atoms with Gasteiger partial charge in [0.2, 0.25) is 10.0 Å². The Bertz CT molecular complexity index is 1100. The average Bonchev–Trinajstić information content (AvgIpc) is 3.09. The molecule has 1 aromatic carbocycles. The van der Waals surface area contributed by atoms with Gasteiger partial charge in [-0.15, -0.1) is 0 Å². The van der Waals surface area contributed by atoms with E-state index >= 15 is 0 Å². The fourth-order valence-corrected chi connectivity index (χ4v) is 4.13. The normalized spacial score (nSPS) is 15.0. The lowest BCUT2D eigenvalue weighted by atomic mass is 9.98. The van der Waals surface area contributed by atoms with Crippen LogP contribution in [-0.4, -0.2) is 41.4 Å². The number of nitrogens with zero attached hydrogens (tertiary/aromatic N) is 2. The second kappa shape index (κ2) is 6.22. The molecule has 0 saturated heterocycles. The zero-order valence-corrected chi connectivity index (χ0v) is 15.0. The quantitative estimate of drug-likeness (QED) is 0.738. The van der Waals surface area contributed by atoms with Crippen LogP contribution >= 0.6 is 0 Å². The van der Waals surface area contributed by atoms with Crippen LogP contribution in [0.4, 0.5) is 5.69 Å². The van der Waals surface area contributed by atoms with Crippen LogP contribution in [0.25, 0.3) is 10.9 Å². The van der Waals surface area contributed by atoms with E-state index in [0.717, 1.165) is 27.7 Å². The van der Waals surface area contributed by atoms with Gasteiger partial charge in [-0.3, -0.25) is 9.78 Å². The number of rotatable bonds is 3. The third-order valence-electron chi connectivity index (χ3n) is 4.66. The number of hydrogen-bond acceptors (Lipinski definition) is 4. The summed E-state index contributed by atoms with van der Waals surface area (Å²) in [6, 6.07) is 7.57. The molecule has 134 valence electrons. The van der Waals surface area contributed by atoms with E-state index in [1.807, 2.05) is 30.5 Å². The van der Waals surface area contributed by atoms with Gasteiger partial charge in [0.25, 0.3) is 5.91 Å². The van der Waals surface area contributed by atoms with Crippen LogP contribution in [0.1, 0.15) is 21.5 Å². The van der Waals surface area contributed by atoms with Gasteiger partial charge in [0.15, 0.2) is 0 Å². The van der Waals surface area contributed by atoms with Crippen LogP contribution in [0, 0.1) is 0 Å². The molecule has 1 aliphatic rings. The number of amides is 1. The highest BCUT2D eigenvalue weighted by atomic mass is 32.2. The molecule has 0 saturated carbocycles. The van der Waals surface area contributed by atoms with E-state index in [4.69, 9.17) is 0 Å². The zero-order chi connectivity index (χ0) is 18.3. The molecular formula is C18H18N4O3S. The largest absolute Gasteiger partial charge is 0.361 e. The summed E-state index contributed by atoms with van der Waals surface area (Å²) in [5, 5.41) is 3.88. The second-order valence-corrected chi connectivity index (χ2v) is 8.35. The molecule has 26 heavy (non-hydrogen) atoms. The minimum absolute atomic E-state index is 0.240. The first kappa shape index (κ1) is 16.7. The molecule has 0 fully saturated rings. The van der Waals surface area contributed by atoms with Crippen molar-refractivity contribution in [3.8, 4) is 0 Å². The molecule has 3 aromatic rings. The molecule has 0 atom stereocenters. The standard InChI is InChI=1S/C18H18N4O3S/c1-26(24,25)22-8-6-13-12(11-22)9-19-10-15(13)18(23)21-17-4-2-3-16-14(17)5-7-20-16/h2-5,7,9-10,20H,6,8,11H2,1H3,(H,21,23). The van der Waals surface area contributed by atoms with Crippen molar-refractivity contribution < 1.29 is 13.2 Å². The van der Waals surface area contributed by atoms with E-state index in [-0.39, 0.29) is 12.5 Å². The maximum Gasteiger partial charge on any atom is 0.257 e. The molecule has 3 heterocycles. The Morgan fingerprint density at radius 1 is 1.27 bits per heavy atom. The van der Waals surface area contributed by atoms with E-state index < -0.39 is 10.0 Å². The monoisotopic (exact) mass is 370 g/mol. The van der Waals surface area contributed by atoms with Gasteiger partial charge in [-0.1, -0.05) is 6.07 Å². The summed E-state index contributed by atoms with van der Waals surface area (Å²) in [5.41, 5.74) is 3.79. The van der Waals surface area contributed by atoms with Gasteiger partial charge >= 0.3 is 0 Å². The fourth-order valence-electron chi connectivity index (χ4n) is 3.33. The number of H-pyrrole nitrogens is 1. The first-order valence-corrected chi connectivity index (χ1v) is 10.1. The number of benzene rings is 1. The van der Waals surface area contributed by atoms with E-state index in [2.05, 4.69) is 15.3 Å². The maximum atomic E-state index is 12.8. The molecule has 2 N–H and O–H groups in total. The summed E-state index contributed by atoms with van der Waals surface area (Å²) < 4.78 is 25.0. The number of anilines is 1. The predicted molar refractivity (Wildman–Crippen MR) is 99.4 cm³/mol. The van der Waals surface area contributed by atoms with Gasteiger partial charge in [-0.05, 0) is 35.7 Å². The van der Waals surface area contributed by atoms with E-state index in [1.165, 1.54) is 10.6 Å². The highest BCUT2D eigenvalue weighted by Gasteiger charge is 2.26. The topological polar surface area (TPSA) is 95.2 Å². The first-order chi connectivity index (χ1) is 12.4. The van der Waals surface area contributed by atoms with Gasteiger partial charge < -0.3 is 10.3 Å². The number of fused-ring (bicyclic) bond motifs is 2. The van der Waals surface area contributed by atoms with Gasteiger partial charge in [0.1, 0.15) is 0 Å². The molecule has 0 aliphatic carbocycles. The highest BCUT2D eigenvalue weighted by molar-refractivity contribution is 7.88. The lowest BCUT2D eigenvalue weighted by molar-refractivity contribution is 0.102. The lowest BCUT2D eigenvalue weighted by Gasteiger charge is -2.27. The molecule has 1 aliphatic heterocycles. The maximum absolute atomic E-state index is 12.8. The Morgan fingerprint density at radius 3 is 2.92 bits per heavy atom. The van der Waals surface area contributed by atoms with Crippen LogP contribution in [0.15, 0.2) is 42.9 Å². The van der Waals surface area contributed by atoms with Gasteiger partial charge in [0, 0.05) is 42.6 Å². The molecule has 0 spiro atoms. The summed E-state index contributed by atoms with van der Waals surface area (Å²) in [5.74, 6) is -0.240. The van der Waals surface area contributed by atoms with E-state index in [9.17, 15) is 13.2 Å². The fraction of sp³-hybridized carbons (Fsp3) is 0.222. The molecule has 8 heteroatoms. The predicted octanol–water partition coefficient (Wildman–Crippen LogP) is 2.13. The molecule has 2 aromatic heterocycles. The minimum Gasteiger partial charge on any atom is -0.361 e. The molecule has 4 rings (SSSR count). The van der Waals surface area contributed by atoms with Crippen LogP contribution in [0.3, 0.4) is 0 Å². The van der Waals surface area contributed by atoms with Gasteiger partial charge in [-0.2, -0.15) is 4.31 Å². The third kappa shape index (κ3) is 2.97. The molecule has 7 nitrogen and oxygen atoms in total. The molecule has 1 amide bonds. The van der Waals surface area contributed by atoms with Gasteiger partial charge in [-0.25, -0.2) is 8.42 Å². The summed E-state index contributed by atoms with van der Waals surface area (Å²) >= 11 is 0. The van der Waals surface area contributed by atoms with Crippen molar-refractivity contribution in [1.82, 2.24) is 14.3 Å². The second-order valence-electron chi connectivity index (χ2n) is 6.37. The van der Waals surface area contributed by atoms with Crippen molar-refractivity contribution in [2.45, 2.75) is 13.0 Å². The number of hydrogen-bond donors (Lipinski definition) is 2. The molecule has 0 radical (unpaired) electrons. The third-order valence-corrected chi connectivity index (χ3v) is 5.91. The summed E-state index contributed by atoms with van der Waals surface area (Å²) in [4.78, 5) is 20.1. The summed E-state index contributed by atoms with van der Waals surface area (Å²) in [6.45, 7) is 0.610. The minimum atomic E-state index is -3.27. The number of carbonyl (C=O) groups excluding carboxylic acids is 1.